The Morgan fingerprint density at radius 1 is 1.33 bits per heavy atom. The van der Waals surface area contributed by atoms with Gasteiger partial charge in [-0.2, -0.15) is 0 Å². The van der Waals surface area contributed by atoms with Gasteiger partial charge in [-0.3, -0.25) is 9.59 Å². The number of hydrogen-bond donors (Lipinski definition) is 3. The lowest BCUT2D eigenvalue weighted by molar-refractivity contribution is -0.143. The van der Waals surface area contributed by atoms with E-state index in [2.05, 4.69) is 15.3 Å². The molecule has 0 atom stereocenters. The van der Waals surface area contributed by atoms with Crippen LogP contribution in [0.3, 0.4) is 0 Å². The Bertz CT molecular complexity index is 478. The smallest absolute Gasteiger partial charge is 0.305 e. The first-order valence-electron chi connectivity index (χ1n) is 6.46. The van der Waals surface area contributed by atoms with E-state index in [1.807, 2.05) is 0 Å². The predicted octanol–water partition coefficient (Wildman–Crippen LogP) is 0.193. The van der Waals surface area contributed by atoms with Crippen LogP contribution in [0.2, 0.25) is 0 Å². The van der Waals surface area contributed by atoms with Crippen LogP contribution in [0.5, 0.6) is 0 Å². The highest BCUT2D eigenvalue weighted by Gasteiger charge is 2.07. The Labute approximate surface area is 127 Å². The molecule has 0 unspecified atom stereocenters. The fraction of sp³-hybridized carbons (Fsp3) is 0.500. The van der Waals surface area contributed by atoms with Gasteiger partial charge in [0, 0.05) is 19.0 Å². The molecule has 8 nitrogen and oxygen atoms in total. The number of esters is 1. The van der Waals surface area contributed by atoms with Crippen molar-refractivity contribution in [3.05, 3.63) is 6.07 Å². The highest BCUT2D eigenvalue weighted by molar-refractivity contribution is 7.99. The molecule has 0 aliphatic carbocycles. The molecule has 1 rings (SSSR count). The van der Waals surface area contributed by atoms with Gasteiger partial charge < -0.3 is 21.5 Å². The van der Waals surface area contributed by atoms with Crippen LogP contribution < -0.4 is 16.8 Å². The number of anilines is 2. The normalized spacial score (nSPS) is 10.1. The van der Waals surface area contributed by atoms with E-state index in [9.17, 15) is 9.59 Å². The maximum atomic E-state index is 11.6. The molecule has 0 saturated carbocycles. The number of nitrogens with zero attached hydrogens (tertiary/aromatic N) is 2. The lowest BCUT2D eigenvalue weighted by Gasteiger charge is -2.05. The number of thioether (sulfide) groups is 1. The minimum Gasteiger partial charge on any atom is -0.466 e. The van der Waals surface area contributed by atoms with Crippen molar-refractivity contribution in [3.8, 4) is 0 Å². The molecular weight excluding hydrogens is 294 g/mol. The molecule has 0 aliphatic heterocycles. The van der Waals surface area contributed by atoms with Gasteiger partial charge in [-0.15, -0.1) is 0 Å². The number of carbonyl (C=O) groups is 2. The van der Waals surface area contributed by atoms with Crippen LogP contribution in [0.4, 0.5) is 11.6 Å². The Balaban J connectivity index is 2.20. The lowest BCUT2D eigenvalue weighted by atomic mass is 10.3. The van der Waals surface area contributed by atoms with E-state index < -0.39 is 0 Å². The van der Waals surface area contributed by atoms with Crippen LogP contribution in [0, 0.1) is 0 Å². The summed E-state index contributed by atoms with van der Waals surface area (Å²) < 4.78 is 4.78. The minimum absolute atomic E-state index is 0.155. The standard InChI is InChI=1S/C12H19N5O3S/c1-2-20-11(19)4-3-5-15-10(18)7-21-12-16-8(13)6-9(14)17-12/h6H,2-5,7H2,1H3,(H,15,18)(H4,13,14,16,17). The van der Waals surface area contributed by atoms with Gasteiger partial charge in [0.25, 0.3) is 0 Å². The van der Waals surface area contributed by atoms with Crippen LogP contribution in [0.25, 0.3) is 0 Å². The highest BCUT2D eigenvalue weighted by Crippen LogP contribution is 2.15. The molecule has 21 heavy (non-hydrogen) atoms. The third-order valence-corrected chi connectivity index (χ3v) is 3.11. The van der Waals surface area contributed by atoms with Crippen LogP contribution in [0.15, 0.2) is 11.2 Å². The number of nitrogens with two attached hydrogens (primary N) is 2. The lowest BCUT2D eigenvalue weighted by Crippen LogP contribution is -2.26. The van der Waals surface area contributed by atoms with E-state index in [0.29, 0.717) is 24.7 Å². The van der Waals surface area contributed by atoms with E-state index in [4.69, 9.17) is 16.2 Å². The first kappa shape index (κ1) is 17.0. The van der Waals surface area contributed by atoms with Gasteiger partial charge in [0.15, 0.2) is 5.16 Å². The number of ether oxygens (including phenoxy) is 1. The molecule has 1 heterocycles. The zero-order chi connectivity index (χ0) is 15.7. The van der Waals surface area contributed by atoms with Crippen molar-refractivity contribution >= 4 is 35.3 Å². The maximum Gasteiger partial charge on any atom is 0.305 e. The molecule has 0 fully saturated rings. The second-order valence-electron chi connectivity index (χ2n) is 4.05. The molecule has 1 aromatic heterocycles. The van der Waals surface area contributed by atoms with Crippen molar-refractivity contribution in [2.45, 2.75) is 24.9 Å². The number of aromatic nitrogens is 2. The molecule has 0 saturated heterocycles. The molecular formula is C12H19N5O3S. The fourth-order valence-corrected chi connectivity index (χ4v) is 2.10. The van der Waals surface area contributed by atoms with Crippen molar-refractivity contribution in [1.29, 1.82) is 0 Å². The van der Waals surface area contributed by atoms with Gasteiger partial charge in [-0.25, -0.2) is 9.97 Å². The summed E-state index contributed by atoms with van der Waals surface area (Å²) in [6.45, 7) is 2.53. The molecule has 0 spiro atoms. The number of nitrogens with one attached hydrogen (secondary N) is 1. The third-order valence-electron chi connectivity index (χ3n) is 2.26. The van der Waals surface area contributed by atoms with Crippen molar-refractivity contribution in [2.24, 2.45) is 0 Å². The SMILES string of the molecule is CCOC(=O)CCCNC(=O)CSc1nc(N)cc(N)n1. The highest BCUT2D eigenvalue weighted by atomic mass is 32.2. The van der Waals surface area contributed by atoms with E-state index >= 15 is 0 Å². The first-order chi connectivity index (χ1) is 10.0. The van der Waals surface area contributed by atoms with Crippen molar-refractivity contribution < 1.29 is 14.3 Å². The van der Waals surface area contributed by atoms with Crippen LogP contribution in [0.1, 0.15) is 19.8 Å². The second kappa shape index (κ2) is 9.01. The summed E-state index contributed by atoms with van der Waals surface area (Å²) in [6, 6.07) is 1.44. The summed E-state index contributed by atoms with van der Waals surface area (Å²) in [5, 5.41) is 3.05. The molecule has 9 heteroatoms. The third kappa shape index (κ3) is 7.35. The summed E-state index contributed by atoms with van der Waals surface area (Å²) in [5.41, 5.74) is 11.1. The molecule has 1 aromatic rings. The monoisotopic (exact) mass is 313 g/mol. The summed E-state index contributed by atoms with van der Waals surface area (Å²) in [7, 11) is 0. The van der Waals surface area contributed by atoms with Crippen LogP contribution in [-0.4, -0.2) is 40.7 Å². The van der Waals surface area contributed by atoms with Crippen molar-refractivity contribution in [1.82, 2.24) is 15.3 Å². The van der Waals surface area contributed by atoms with E-state index in [0.717, 1.165) is 11.8 Å². The summed E-state index contributed by atoms with van der Waals surface area (Å²) in [5.74, 6) is 0.250. The second-order valence-corrected chi connectivity index (χ2v) is 4.99. The zero-order valence-corrected chi connectivity index (χ0v) is 12.6. The summed E-state index contributed by atoms with van der Waals surface area (Å²) >= 11 is 1.14. The van der Waals surface area contributed by atoms with Gasteiger partial charge in [-0.1, -0.05) is 11.8 Å². The summed E-state index contributed by atoms with van der Waals surface area (Å²) in [4.78, 5) is 30.6. The molecule has 116 valence electrons. The van der Waals surface area contributed by atoms with Gasteiger partial charge >= 0.3 is 5.97 Å². The minimum atomic E-state index is -0.259. The number of rotatable bonds is 8. The van der Waals surface area contributed by atoms with Crippen LogP contribution >= 0.6 is 11.8 Å². The Kier molecular flexibility index (Phi) is 7.30. The molecule has 0 aliphatic rings. The average Bonchev–Trinajstić information content (AvgIpc) is 2.41. The molecule has 0 radical (unpaired) electrons. The molecule has 5 N–H and O–H groups in total. The molecule has 1 amide bonds. The van der Waals surface area contributed by atoms with Crippen molar-refractivity contribution in [2.75, 3.05) is 30.4 Å². The van der Waals surface area contributed by atoms with Gasteiger partial charge in [-0.05, 0) is 13.3 Å². The largest absolute Gasteiger partial charge is 0.466 e. The van der Waals surface area contributed by atoms with Gasteiger partial charge in [0.1, 0.15) is 11.6 Å². The average molecular weight is 313 g/mol. The predicted molar refractivity (Wildman–Crippen MR) is 80.5 cm³/mol. The Morgan fingerprint density at radius 2 is 2.00 bits per heavy atom. The number of hydrogen-bond acceptors (Lipinski definition) is 8. The van der Waals surface area contributed by atoms with E-state index in [-0.39, 0.29) is 35.7 Å². The number of carbonyl (C=O) groups excluding carboxylic acids is 2. The maximum absolute atomic E-state index is 11.6. The molecule has 0 bridgehead atoms. The topological polar surface area (TPSA) is 133 Å². The zero-order valence-electron chi connectivity index (χ0n) is 11.8. The van der Waals surface area contributed by atoms with Gasteiger partial charge in [0.05, 0.1) is 12.4 Å². The first-order valence-corrected chi connectivity index (χ1v) is 7.45. The summed E-state index contributed by atoms with van der Waals surface area (Å²) in [6.07, 6.45) is 0.826. The van der Waals surface area contributed by atoms with E-state index in [1.54, 1.807) is 6.92 Å². The quantitative estimate of drug-likeness (QED) is 0.268. The van der Waals surface area contributed by atoms with Crippen molar-refractivity contribution in [3.63, 3.8) is 0 Å². The van der Waals surface area contributed by atoms with E-state index in [1.165, 1.54) is 6.07 Å². The Morgan fingerprint density at radius 3 is 2.62 bits per heavy atom. The van der Waals surface area contributed by atoms with Crippen LogP contribution in [-0.2, 0) is 14.3 Å². The number of nitrogen functional groups attached to an aromatic ring is 2. The Hall–Kier alpha value is -2.03. The van der Waals surface area contributed by atoms with Gasteiger partial charge in [0.2, 0.25) is 5.91 Å². The fourth-order valence-electron chi connectivity index (χ4n) is 1.40. The number of amides is 1. The molecule has 0 aromatic carbocycles.